The minimum atomic E-state index is 0.0439. The van der Waals surface area contributed by atoms with Crippen LogP contribution < -0.4 is 0 Å². The summed E-state index contributed by atoms with van der Waals surface area (Å²) in [6.07, 6.45) is 0. The number of rotatable bonds is 3. The van der Waals surface area contributed by atoms with Crippen LogP contribution in [-0.4, -0.2) is 36.4 Å². The molecule has 1 atom stereocenters. The van der Waals surface area contributed by atoms with Crippen molar-refractivity contribution in [2.75, 3.05) is 6.54 Å². The maximum Gasteiger partial charge on any atom is 0.247 e. The van der Waals surface area contributed by atoms with Gasteiger partial charge in [0.2, 0.25) is 11.8 Å². The Morgan fingerprint density at radius 2 is 1.79 bits per heavy atom. The summed E-state index contributed by atoms with van der Waals surface area (Å²) >= 11 is 0. The van der Waals surface area contributed by atoms with Crippen molar-refractivity contribution < 1.29 is 4.42 Å². The zero-order chi connectivity index (χ0) is 16.7. The molecule has 1 aliphatic rings. The Labute approximate surface area is 140 Å². The highest BCUT2D eigenvalue weighted by Gasteiger charge is 2.27. The van der Waals surface area contributed by atoms with E-state index in [0.29, 0.717) is 11.8 Å². The molecule has 4 rings (SSSR count). The van der Waals surface area contributed by atoms with E-state index in [9.17, 15) is 0 Å². The van der Waals surface area contributed by atoms with Crippen molar-refractivity contribution in [3.63, 3.8) is 0 Å². The second-order valence-electron chi connectivity index (χ2n) is 6.27. The van der Waals surface area contributed by atoms with Crippen LogP contribution >= 0.6 is 0 Å². The Kier molecular flexibility index (Phi) is 3.65. The van der Waals surface area contributed by atoms with E-state index in [0.717, 1.165) is 36.8 Å². The smallest absolute Gasteiger partial charge is 0.247 e. The first kappa shape index (κ1) is 15.0. The topological polar surface area (TPSA) is 72.9 Å². The van der Waals surface area contributed by atoms with E-state index in [4.69, 9.17) is 4.42 Å². The first-order chi connectivity index (χ1) is 11.6. The van der Waals surface area contributed by atoms with Crippen LogP contribution in [0.5, 0.6) is 0 Å². The van der Waals surface area contributed by atoms with E-state index in [1.54, 1.807) is 0 Å². The third-order valence-electron chi connectivity index (χ3n) is 4.61. The van der Waals surface area contributed by atoms with Crippen LogP contribution in [0.15, 0.2) is 28.7 Å². The third-order valence-corrected chi connectivity index (χ3v) is 4.61. The van der Waals surface area contributed by atoms with Gasteiger partial charge in [-0.3, -0.25) is 4.90 Å². The van der Waals surface area contributed by atoms with Gasteiger partial charge in [0, 0.05) is 18.7 Å². The van der Waals surface area contributed by atoms with Gasteiger partial charge < -0.3 is 8.98 Å². The first-order valence-electron chi connectivity index (χ1n) is 8.15. The molecule has 0 saturated heterocycles. The van der Waals surface area contributed by atoms with E-state index in [2.05, 4.69) is 43.7 Å². The summed E-state index contributed by atoms with van der Waals surface area (Å²) in [5.74, 6) is 3.16. The number of hydrogen-bond donors (Lipinski definition) is 0. The van der Waals surface area contributed by atoms with Gasteiger partial charge in [0.1, 0.15) is 11.6 Å². The fourth-order valence-corrected chi connectivity index (χ4v) is 3.02. The highest BCUT2D eigenvalue weighted by molar-refractivity contribution is 5.52. The summed E-state index contributed by atoms with van der Waals surface area (Å²) in [6, 6.07) is 8.14. The van der Waals surface area contributed by atoms with Crippen molar-refractivity contribution in [3.8, 4) is 11.5 Å². The SMILES string of the molecule is Cc1ccc(-c2nnc(C(C)N3CCn4c(C)nnc4C3)o2)cc1. The van der Waals surface area contributed by atoms with Gasteiger partial charge in [0.15, 0.2) is 0 Å². The molecule has 3 aromatic rings. The molecule has 0 radical (unpaired) electrons. The van der Waals surface area contributed by atoms with Gasteiger partial charge >= 0.3 is 0 Å². The van der Waals surface area contributed by atoms with Crippen LogP contribution in [0.2, 0.25) is 0 Å². The Morgan fingerprint density at radius 3 is 2.58 bits per heavy atom. The fourth-order valence-electron chi connectivity index (χ4n) is 3.02. The van der Waals surface area contributed by atoms with Gasteiger partial charge in [0.05, 0.1) is 12.6 Å². The summed E-state index contributed by atoms with van der Waals surface area (Å²) in [5, 5.41) is 16.9. The molecule has 1 unspecified atom stereocenters. The zero-order valence-corrected chi connectivity index (χ0v) is 14.1. The van der Waals surface area contributed by atoms with Crippen molar-refractivity contribution in [2.45, 2.75) is 39.9 Å². The molecule has 0 bridgehead atoms. The average molecular weight is 324 g/mol. The number of benzene rings is 1. The molecule has 0 spiro atoms. The second-order valence-corrected chi connectivity index (χ2v) is 6.27. The van der Waals surface area contributed by atoms with Crippen molar-refractivity contribution in [3.05, 3.63) is 47.4 Å². The summed E-state index contributed by atoms with van der Waals surface area (Å²) in [4.78, 5) is 2.29. The Hall–Kier alpha value is -2.54. The van der Waals surface area contributed by atoms with Crippen molar-refractivity contribution in [1.82, 2.24) is 29.9 Å². The predicted octanol–water partition coefficient (Wildman–Crippen LogP) is 2.52. The van der Waals surface area contributed by atoms with Gasteiger partial charge in [-0.15, -0.1) is 20.4 Å². The molecule has 1 aromatic carbocycles. The highest BCUT2D eigenvalue weighted by atomic mass is 16.4. The molecule has 1 aliphatic heterocycles. The minimum absolute atomic E-state index is 0.0439. The molecule has 0 fully saturated rings. The summed E-state index contributed by atoms with van der Waals surface area (Å²) in [6.45, 7) is 8.67. The van der Waals surface area contributed by atoms with Crippen molar-refractivity contribution in [2.24, 2.45) is 0 Å². The van der Waals surface area contributed by atoms with Crippen LogP contribution in [0.1, 0.15) is 36.1 Å². The molecule has 0 aliphatic carbocycles. The standard InChI is InChI=1S/C17H20N6O/c1-11-4-6-14(7-5-11)17-21-20-16(24-17)12(2)22-8-9-23-13(3)18-19-15(23)10-22/h4-7,12H,8-10H2,1-3H3. The van der Waals surface area contributed by atoms with Gasteiger partial charge in [0.25, 0.3) is 0 Å². The van der Waals surface area contributed by atoms with Gasteiger partial charge in [-0.2, -0.15) is 0 Å². The van der Waals surface area contributed by atoms with Crippen LogP contribution in [0.25, 0.3) is 11.5 Å². The number of aryl methyl sites for hydroxylation is 2. The third kappa shape index (κ3) is 2.60. The van der Waals surface area contributed by atoms with Crippen molar-refractivity contribution >= 4 is 0 Å². The monoisotopic (exact) mass is 324 g/mol. The lowest BCUT2D eigenvalue weighted by molar-refractivity contribution is 0.142. The Balaban J connectivity index is 1.53. The maximum absolute atomic E-state index is 5.91. The fraction of sp³-hybridized carbons (Fsp3) is 0.412. The molecule has 3 heterocycles. The van der Waals surface area contributed by atoms with E-state index < -0.39 is 0 Å². The lowest BCUT2D eigenvalue weighted by Gasteiger charge is -2.30. The van der Waals surface area contributed by atoms with Crippen LogP contribution in [0.4, 0.5) is 0 Å². The second kappa shape index (κ2) is 5.83. The molecule has 7 heteroatoms. The number of nitrogens with zero attached hydrogens (tertiary/aromatic N) is 6. The summed E-state index contributed by atoms with van der Waals surface area (Å²) < 4.78 is 8.07. The Morgan fingerprint density at radius 1 is 1.00 bits per heavy atom. The summed E-state index contributed by atoms with van der Waals surface area (Å²) in [7, 11) is 0. The van der Waals surface area contributed by atoms with E-state index in [1.165, 1.54) is 5.56 Å². The van der Waals surface area contributed by atoms with Gasteiger partial charge in [-0.1, -0.05) is 17.7 Å². The predicted molar refractivity (Wildman–Crippen MR) is 88.1 cm³/mol. The molecular formula is C17H20N6O. The molecule has 0 N–H and O–H groups in total. The van der Waals surface area contributed by atoms with Crippen molar-refractivity contribution in [1.29, 1.82) is 0 Å². The average Bonchev–Trinajstić information content (AvgIpc) is 3.22. The quantitative estimate of drug-likeness (QED) is 0.737. The van der Waals surface area contributed by atoms with E-state index in [-0.39, 0.29) is 6.04 Å². The molecular weight excluding hydrogens is 304 g/mol. The van der Waals surface area contributed by atoms with Crippen LogP contribution in [0.3, 0.4) is 0 Å². The molecule has 2 aromatic heterocycles. The number of fused-ring (bicyclic) bond motifs is 1. The van der Waals surface area contributed by atoms with E-state index in [1.807, 2.05) is 31.2 Å². The lowest BCUT2D eigenvalue weighted by atomic mass is 10.1. The zero-order valence-electron chi connectivity index (χ0n) is 14.1. The normalized spacial score (nSPS) is 16.1. The Bertz CT molecular complexity index is 850. The lowest BCUT2D eigenvalue weighted by Crippen LogP contribution is -2.36. The highest BCUT2D eigenvalue weighted by Crippen LogP contribution is 2.26. The maximum atomic E-state index is 5.91. The minimum Gasteiger partial charge on any atom is -0.419 e. The van der Waals surface area contributed by atoms with E-state index >= 15 is 0 Å². The molecule has 0 saturated carbocycles. The number of hydrogen-bond acceptors (Lipinski definition) is 6. The van der Waals surface area contributed by atoms with Crippen LogP contribution in [-0.2, 0) is 13.1 Å². The number of aromatic nitrogens is 5. The largest absolute Gasteiger partial charge is 0.419 e. The van der Waals surface area contributed by atoms with Crippen LogP contribution in [0, 0.1) is 13.8 Å². The molecule has 7 nitrogen and oxygen atoms in total. The molecule has 0 amide bonds. The van der Waals surface area contributed by atoms with Gasteiger partial charge in [-0.25, -0.2) is 0 Å². The van der Waals surface area contributed by atoms with Gasteiger partial charge in [-0.05, 0) is 32.9 Å². The molecule has 24 heavy (non-hydrogen) atoms. The first-order valence-corrected chi connectivity index (χ1v) is 8.15. The summed E-state index contributed by atoms with van der Waals surface area (Å²) in [5.41, 5.74) is 2.15. The molecule has 124 valence electrons.